The van der Waals surface area contributed by atoms with Gasteiger partial charge in [-0.25, -0.2) is 4.68 Å². The molecule has 2 N–H and O–H groups in total. The van der Waals surface area contributed by atoms with Gasteiger partial charge in [0.05, 0.1) is 17.6 Å². The highest BCUT2D eigenvalue weighted by atomic mass is 15.4. The summed E-state index contributed by atoms with van der Waals surface area (Å²) in [7, 11) is 0. The first-order chi connectivity index (χ1) is 8.35. The molecule has 1 aromatic heterocycles. The van der Waals surface area contributed by atoms with Crippen LogP contribution in [0.5, 0.6) is 0 Å². The van der Waals surface area contributed by atoms with Crippen molar-refractivity contribution in [3.8, 4) is 5.69 Å². The highest BCUT2D eigenvalue weighted by Crippen LogP contribution is 2.12. The number of rotatable bonds is 5. The molecule has 2 aromatic rings. The number of aromatic nitrogens is 3. The first kappa shape index (κ1) is 11.8. The second-order valence-electron chi connectivity index (χ2n) is 4.11. The van der Waals surface area contributed by atoms with Crippen LogP contribution in [0.4, 0.5) is 0 Å². The van der Waals surface area contributed by atoms with E-state index in [4.69, 9.17) is 5.73 Å². The minimum Gasteiger partial charge on any atom is -0.325 e. The lowest BCUT2D eigenvalue weighted by Gasteiger charge is -2.05. The standard InChI is InChI=1S/C13H18N4/c1-2-3-4-11-5-7-12(8-6-11)17-13(9-14)10-15-16-17/h5-8,10H,2-4,9,14H2,1H3. The van der Waals surface area contributed by atoms with E-state index in [1.165, 1.54) is 18.4 Å². The second kappa shape index (κ2) is 5.59. The van der Waals surface area contributed by atoms with Crippen LogP contribution in [0.2, 0.25) is 0 Å². The molecular weight excluding hydrogens is 212 g/mol. The predicted octanol–water partition coefficient (Wildman–Crippen LogP) is 2.07. The van der Waals surface area contributed by atoms with Crippen molar-refractivity contribution >= 4 is 0 Å². The molecule has 17 heavy (non-hydrogen) atoms. The van der Waals surface area contributed by atoms with Crippen LogP contribution in [-0.4, -0.2) is 15.0 Å². The Hall–Kier alpha value is -1.68. The lowest BCUT2D eigenvalue weighted by Crippen LogP contribution is -2.06. The van der Waals surface area contributed by atoms with E-state index in [1.54, 1.807) is 10.9 Å². The van der Waals surface area contributed by atoms with Gasteiger partial charge >= 0.3 is 0 Å². The fourth-order valence-electron chi connectivity index (χ4n) is 1.80. The summed E-state index contributed by atoms with van der Waals surface area (Å²) in [6.45, 7) is 2.65. The Morgan fingerprint density at radius 2 is 2.00 bits per heavy atom. The third-order valence-electron chi connectivity index (χ3n) is 2.83. The zero-order chi connectivity index (χ0) is 12.1. The largest absolute Gasteiger partial charge is 0.325 e. The van der Waals surface area contributed by atoms with Crippen molar-refractivity contribution in [3.63, 3.8) is 0 Å². The average molecular weight is 230 g/mol. The third-order valence-corrected chi connectivity index (χ3v) is 2.83. The van der Waals surface area contributed by atoms with Gasteiger partial charge in [0.1, 0.15) is 0 Å². The van der Waals surface area contributed by atoms with E-state index in [1.807, 2.05) is 0 Å². The van der Waals surface area contributed by atoms with E-state index in [0.717, 1.165) is 17.8 Å². The molecule has 0 saturated carbocycles. The van der Waals surface area contributed by atoms with E-state index in [9.17, 15) is 0 Å². The topological polar surface area (TPSA) is 56.7 Å². The van der Waals surface area contributed by atoms with Gasteiger partial charge in [0.15, 0.2) is 0 Å². The average Bonchev–Trinajstić information content (AvgIpc) is 2.85. The number of nitrogens with two attached hydrogens (primary N) is 1. The van der Waals surface area contributed by atoms with Crippen LogP contribution in [0.25, 0.3) is 5.69 Å². The fourth-order valence-corrected chi connectivity index (χ4v) is 1.80. The Balaban J connectivity index is 2.17. The molecule has 0 amide bonds. The summed E-state index contributed by atoms with van der Waals surface area (Å²) >= 11 is 0. The van der Waals surface area contributed by atoms with Crippen molar-refractivity contribution in [3.05, 3.63) is 41.7 Å². The zero-order valence-electron chi connectivity index (χ0n) is 10.1. The predicted molar refractivity (Wildman–Crippen MR) is 67.9 cm³/mol. The van der Waals surface area contributed by atoms with Crippen molar-refractivity contribution in [1.82, 2.24) is 15.0 Å². The van der Waals surface area contributed by atoms with Crippen molar-refractivity contribution < 1.29 is 0 Å². The molecular formula is C13H18N4. The molecule has 0 saturated heterocycles. The zero-order valence-corrected chi connectivity index (χ0v) is 10.1. The van der Waals surface area contributed by atoms with Crippen LogP contribution >= 0.6 is 0 Å². The van der Waals surface area contributed by atoms with Crippen molar-refractivity contribution in [1.29, 1.82) is 0 Å². The van der Waals surface area contributed by atoms with E-state index in [0.29, 0.717) is 6.54 Å². The molecule has 0 aliphatic carbocycles. The molecule has 0 unspecified atom stereocenters. The maximum absolute atomic E-state index is 5.63. The van der Waals surface area contributed by atoms with Crippen LogP contribution in [0.3, 0.4) is 0 Å². The summed E-state index contributed by atoms with van der Waals surface area (Å²) in [5.41, 5.74) is 8.93. The Labute approximate surface area is 101 Å². The van der Waals surface area contributed by atoms with Gasteiger partial charge in [0.25, 0.3) is 0 Å². The van der Waals surface area contributed by atoms with Crippen LogP contribution < -0.4 is 5.73 Å². The van der Waals surface area contributed by atoms with Crippen LogP contribution in [-0.2, 0) is 13.0 Å². The fraction of sp³-hybridized carbons (Fsp3) is 0.385. The molecule has 90 valence electrons. The van der Waals surface area contributed by atoms with Crippen LogP contribution in [0, 0.1) is 0 Å². The number of aryl methyl sites for hydroxylation is 1. The Morgan fingerprint density at radius 3 is 2.65 bits per heavy atom. The molecule has 1 aromatic carbocycles. The first-order valence-electron chi connectivity index (χ1n) is 6.04. The van der Waals surface area contributed by atoms with Gasteiger partial charge in [-0.15, -0.1) is 5.10 Å². The molecule has 4 nitrogen and oxygen atoms in total. The highest BCUT2D eigenvalue weighted by Gasteiger charge is 2.04. The number of nitrogens with zero attached hydrogens (tertiary/aromatic N) is 3. The monoisotopic (exact) mass is 230 g/mol. The van der Waals surface area contributed by atoms with E-state index >= 15 is 0 Å². The van der Waals surface area contributed by atoms with Gasteiger partial charge < -0.3 is 5.73 Å². The highest BCUT2D eigenvalue weighted by molar-refractivity contribution is 5.35. The maximum atomic E-state index is 5.63. The Bertz CT molecular complexity index is 459. The van der Waals surface area contributed by atoms with Gasteiger partial charge in [0.2, 0.25) is 0 Å². The second-order valence-corrected chi connectivity index (χ2v) is 4.11. The summed E-state index contributed by atoms with van der Waals surface area (Å²) in [4.78, 5) is 0. The van der Waals surface area contributed by atoms with Crippen molar-refractivity contribution in [2.24, 2.45) is 5.73 Å². The maximum Gasteiger partial charge on any atom is 0.0781 e. The number of hydrogen-bond donors (Lipinski definition) is 1. The molecule has 4 heteroatoms. The van der Waals surface area contributed by atoms with Crippen molar-refractivity contribution in [2.75, 3.05) is 0 Å². The van der Waals surface area contributed by atoms with Crippen LogP contribution in [0.15, 0.2) is 30.5 Å². The van der Waals surface area contributed by atoms with E-state index < -0.39 is 0 Å². The number of unbranched alkanes of at least 4 members (excludes halogenated alkanes) is 1. The van der Waals surface area contributed by atoms with Gasteiger partial charge in [-0.1, -0.05) is 30.7 Å². The summed E-state index contributed by atoms with van der Waals surface area (Å²) in [5, 5.41) is 7.91. The smallest absolute Gasteiger partial charge is 0.0781 e. The minimum absolute atomic E-state index is 0.449. The van der Waals surface area contributed by atoms with E-state index in [-0.39, 0.29) is 0 Å². The lowest BCUT2D eigenvalue weighted by molar-refractivity contribution is 0.759. The van der Waals surface area contributed by atoms with Gasteiger partial charge in [-0.05, 0) is 30.5 Å². The third kappa shape index (κ3) is 2.71. The number of hydrogen-bond acceptors (Lipinski definition) is 3. The molecule has 0 bridgehead atoms. The molecule has 1 heterocycles. The molecule has 0 radical (unpaired) electrons. The Morgan fingerprint density at radius 1 is 1.24 bits per heavy atom. The van der Waals surface area contributed by atoms with Crippen molar-refractivity contribution in [2.45, 2.75) is 32.7 Å². The summed E-state index contributed by atoms with van der Waals surface area (Å²) in [5.74, 6) is 0. The molecule has 0 aliphatic rings. The van der Waals surface area contributed by atoms with Gasteiger partial charge in [-0.2, -0.15) is 0 Å². The quantitative estimate of drug-likeness (QED) is 0.855. The molecule has 0 atom stereocenters. The number of benzene rings is 1. The normalized spacial score (nSPS) is 10.7. The first-order valence-corrected chi connectivity index (χ1v) is 6.04. The Kier molecular flexibility index (Phi) is 3.88. The van der Waals surface area contributed by atoms with Gasteiger partial charge in [-0.3, -0.25) is 0 Å². The molecule has 2 rings (SSSR count). The lowest BCUT2D eigenvalue weighted by atomic mass is 10.1. The summed E-state index contributed by atoms with van der Waals surface area (Å²) in [6, 6.07) is 8.43. The van der Waals surface area contributed by atoms with E-state index in [2.05, 4.69) is 41.5 Å². The summed E-state index contributed by atoms with van der Waals surface area (Å²) in [6.07, 6.45) is 5.29. The molecule has 0 aliphatic heterocycles. The summed E-state index contributed by atoms with van der Waals surface area (Å²) < 4.78 is 1.78. The van der Waals surface area contributed by atoms with Gasteiger partial charge in [0, 0.05) is 6.54 Å². The van der Waals surface area contributed by atoms with Crippen LogP contribution in [0.1, 0.15) is 31.0 Å². The molecule has 0 spiro atoms. The molecule has 0 fully saturated rings. The SMILES string of the molecule is CCCCc1ccc(-n2nncc2CN)cc1. The minimum atomic E-state index is 0.449.